The molecule has 5 heteroatoms. The summed E-state index contributed by atoms with van der Waals surface area (Å²) in [7, 11) is 1.51. The average molecular weight is 156 g/mol. The van der Waals surface area contributed by atoms with E-state index in [1.807, 2.05) is 6.26 Å². The first-order chi connectivity index (χ1) is 4.86. The first-order valence-electron chi connectivity index (χ1n) is 2.57. The van der Waals surface area contributed by atoms with Gasteiger partial charge in [-0.1, -0.05) is 11.8 Å². The molecule has 0 amide bonds. The van der Waals surface area contributed by atoms with Gasteiger partial charge in [-0.2, -0.15) is 15.0 Å². The van der Waals surface area contributed by atoms with Crippen LogP contribution in [-0.2, 0) is 0 Å². The Morgan fingerprint density at radius 1 is 1.50 bits per heavy atom. The van der Waals surface area contributed by atoms with Crippen molar-refractivity contribution in [1.82, 2.24) is 15.0 Å². The zero-order valence-electron chi connectivity index (χ0n) is 5.66. The number of rotatable bonds is 2. The summed E-state index contributed by atoms with van der Waals surface area (Å²) in [6.07, 6.45) is 4.30. The third kappa shape index (κ3) is 1.57. The van der Waals surface area contributed by atoms with Crippen LogP contribution in [0.15, 0.2) is 5.16 Å². The second-order valence-electron chi connectivity index (χ2n) is 1.41. The fraction of sp³-hybridized carbons (Fsp3) is 0.400. The average Bonchev–Trinajstić information content (AvgIpc) is 2.05. The smallest absolute Gasteiger partial charge is 0.320 e. The van der Waals surface area contributed by atoms with Crippen LogP contribution in [0.5, 0.6) is 6.01 Å². The van der Waals surface area contributed by atoms with E-state index in [0.717, 1.165) is 0 Å². The summed E-state index contributed by atoms with van der Waals surface area (Å²) >= 11 is 1.42. The molecule has 1 aromatic rings. The maximum Gasteiger partial charge on any atom is 0.320 e. The maximum absolute atomic E-state index is 4.75. The van der Waals surface area contributed by atoms with E-state index in [4.69, 9.17) is 4.74 Å². The van der Waals surface area contributed by atoms with Crippen LogP contribution in [0.1, 0.15) is 0 Å². The van der Waals surface area contributed by atoms with Crippen LogP contribution in [-0.4, -0.2) is 28.3 Å². The van der Waals surface area contributed by atoms with Crippen LogP contribution in [0.25, 0.3) is 0 Å². The van der Waals surface area contributed by atoms with E-state index in [-0.39, 0.29) is 0 Å². The van der Waals surface area contributed by atoms with Crippen molar-refractivity contribution in [2.75, 3.05) is 13.4 Å². The normalized spacial score (nSPS) is 9.40. The Hall–Kier alpha value is -0.840. The highest BCUT2D eigenvalue weighted by Gasteiger charge is 1.96. The van der Waals surface area contributed by atoms with Crippen LogP contribution in [0, 0.1) is 6.33 Å². The minimum Gasteiger partial charge on any atom is -0.467 e. The van der Waals surface area contributed by atoms with Crippen LogP contribution in [0.4, 0.5) is 0 Å². The lowest BCUT2D eigenvalue weighted by molar-refractivity contribution is 0.372. The molecular formula is C5H6N3OS. The first kappa shape index (κ1) is 7.27. The molecule has 1 radical (unpaired) electrons. The number of hydrogen-bond donors (Lipinski definition) is 0. The number of hydrogen-bond acceptors (Lipinski definition) is 5. The van der Waals surface area contributed by atoms with Crippen LogP contribution in [0.2, 0.25) is 0 Å². The molecule has 53 valence electrons. The van der Waals surface area contributed by atoms with Gasteiger partial charge in [0.15, 0.2) is 5.16 Å². The summed E-state index contributed by atoms with van der Waals surface area (Å²) in [5, 5.41) is 0.617. The van der Waals surface area contributed by atoms with E-state index in [2.05, 4.69) is 21.3 Å². The van der Waals surface area contributed by atoms with Gasteiger partial charge in [0.05, 0.1) is 7.11 Å². The topological polar surface area (TPSA) is 47.9 Å². The predicted octanol–water partition coefficient (Wildman–Crippen LogP) is 0.402. The first-order valence-corrected chi connectivity index (χ1v) is 3.79. The van der Waals surface area contributed by atoms with E-state index >= 15 is 0 Å². The molecular weight excluding hydrogens is 150 g/mol. The Balaban J connectivity index is 2.87. The van der Waals surface area contributed by atoms with Gasteiger partial charge >= 0.3 is 6.01 Å². The van der Waals surface area contributed by atoms with Gasteiger partial charge < -0.3 is 4.74 Å². The Bertz CT molecular complexity index is 199. The van der Waals surface area contributed by atoms with E-state index in [0.29, 0.717) is 11.2 Å². The molecule has 1 aromatic heterocycles. The summed E-state index contributed by atoms with van der Waals surface area (Å²) in [4.78, 5) is 11.3. The Labute approximate surface area is 63.1 Å². The molecule has 0 atom stereocenters. The summed E-state index contributed by atoms with van der Waals surface area (Å²) in [6, 6.07) is 0.305. The lowest BCUT2D eigenvalue weighted by Gasteiger charge is -1.95. The highest BCUT2D eigenvalue weighted by Crippen LogP contribution is 2.08. The van der Waals surface area contributed by atoms with Crippen LogP contribution >= 0.6 is 11.8 Å². The standard InChI is InChI=1S/C5H6N3OS/c1-9-4-6-3-7-5(8-4)10-2/h1-2H3. The third-order valence-electron chi connectivity index (χ3n) is 0.848. The lowest BCUT2D eigenvalue weighted by Crippen LogP contribution is -1.94. The zero-order valence-corrected chi connectivity index (χ0v) is 6.47. The number of methoxy groups -OCH3 is 1. The summed E-state index contributed by atoms with van der Waals surface area (Å²) in [5.74, 6) is 0. The van der Waals surface area contributed by atoms with Crippen molar-refractivity contribution in [2.45, 2.75) is 5.16 Å². The molecule has 0 saturated carbocycles. The molecule has 0 aliphatic heterocycles. The van der Waals surface area contributed by atoms with Crippen molar-refractivity contribution in [3.8, 4) is 6.01 Å². The van der Waals surface area contributed by atoms with Gasteiger partial charge in [0.1, 0.15) is 0 Å². The van der Waals surface area contributed by atoms with Crippen molar-refractivity contribution in [3.63, 3.8) is 0 Å². The molecule has 0 unspecified atom stereocenters. The predicted molar refractivity (Wildman–Crippen MR) is 37.0 cm³/mol. The number of aromatic nitrogens is 3. The van der Waals surface area contributed by atoms with E-state index in [1.165, 1.54) is 18.9 Å². The highest BCUT2D eigenvalue weighted by atomic mass is 32.2. The molecule has 1 heterocycles. The lowest BCUT2D eigenvalue weighted by atomic mass is 11.0. The summed E-state index contributed by atoms with van der Waals surface area (Å²) < 4.78 is 4.75. The molecule has 10 heavy (non-hydrogen) atoms. The number of ether oxygens (including phenoxy) is 1. The largest absolute Gasteiger partial charge is 0.467 e. The molecule has 0 bridgehead atoms. The van der Waals surface area contributed by atoms with Crippen molar-refractivity contribution >= 4 is 11.8 Å². The number of nitrogens with zero attached hydrogens (tertiary/aromatic N) is 3. The summed E-state index contributed by atoms with van der Waals surface area (Å²) in [6.45, 7) is 0. The third-order valence-corrected chi connectivity index (χ3v) is 1.40. The van der Waals surface area contributed by atoms with Gasteiger partial charge in [-0.25, -0.2) is 0 Å². The molecule has 0 spiro atoms. The van der Waals surface area contributed by atoms with Gasteiger partial charge in [-0.05, 0) is 6.26 Å². The van der Waals surface area contributed by atoms with Gasteiger partial charge in [0.2, 0.25) is 6.33 Å². The van der Waals surface area contributed by atoms with Crippen molar-refractivity contribution in [3.05, 3.63) is 6.33 Å². The zero-order chi connectivity index (χ0) is 7.40. The molecule has 1 rings (SSSR count). The minimum atomic E-state index is 0.305. The second-order valence-corrected chi connectivity index (χ2v) is 2.18. The van der Waals surface area contributed by atoms with E-state index in [1.54, 1.807) is 0 Å². The molecule has 4 nitrogen and oxygen atoms in total. The van der Waals surface area contributed by atoms with Gasteiger partial charge in [0.25, 0.3) is 0 Å². The molecule has 0 fully saturated rings. The highest BCUT2D eigenvalue weighted by molar-refractivity contribution is 7.98. The molecule has 0 aliphatic carbocycles. The van der Waals surface area contributed by atoms with Crippen molar-refractivity contribution in [1.29, 1.82) is 0 Å². The van der Waals surface area contributed by atoms with E-state index < -0.39 is 0 Å². The van der Waals surface area contributed by atoms with Gasteiger partial charge in [-0.3, -0.25) is 0 Å². The maximum atomic E-state index is 4.75. The fourth-order valence-corrected chi connectivity index (χ4v) is 0.726. The Kier molecular flexibility index (Phi) is 2.44. The Morgan fingerprint density at radius 3 is 2.90 bits per heavy atom. The van der Waals surface area contributed by atoms with E-state index in [9.17, 15) is 0 Å². The monoisotopic (exact) mass is 156 g/mol. The van der Waals surface area contributed by atoms with Crippen molar-refractivity contribution < 1.29 is 4.74 Å². The van der Waals surface area contributed by atoms with Gasteiger partial charge in [-0.15, -0.1) is 0 Å². The van der Waals surface area contributed by atoms with Crippen LogP contribution in [0.3, 0.4) is 0 Å². The number of thioether (sulfide) groups is 1. The molecule has 0 saturated heterocycles. The molecule has 0 aromatic carbocycles. The SMILES string of the molecule is COc1n[c]nc(SC)n1. The molecule has 0 N–H and O–H groups in total. The fourth-order valence-electron chi connectivity index (χ4n) is 0.425. The summed E-state index contributed by atoms with van der Waals surface area (Å²) in [5.41, 5.74) is 0. The quantitative estimate of drug-likeness (QED) is 0.580. The van der Waals surface area contributed by atoms with Crippen LogP contribution < -0.4 is 4.74 Å². The Morgan fingerprint density at radius 2 is 2.30 bits per heavy atom. The van der Waals surface area contributed by atoms with Gasteiger partial charge in [0, 0.05) is 0 Å². The second kappa shape index (κ2) is 3.36. The van der Waals surface area contributed by atoms with Crippen molar-refractivity contribution in [2.24, 2.45) is 0 Å². The molecule has 0 aliphatic rings. The minimum absolute atomic E-state index is 0.305.